The minimum atomic E-state index is -3.65. The Labute approximate surface area is 178 Å². The molecule has 0 saturated carbocycles. The lowest BCUT2D eigenvalue weighted by Crippen LogP contribution is -2.30. The van der Waals surface area contributed by atoms with Gasteiger partial charge in [0.1, 0.15) is 11.5 Å². The van der Waals surface area contributed by atoms with E-state index in [9.17, 15) is 13.2 Å². The zero-order valence-corrected chi connectivity index (χ0v) is 17.7. The van der Waals surface area contributed by atoms with Crippen molar-refractivity contribution in [1.82, 2.24) is 4.90 Å². The van der Waals surface area contributed by atoms with Gasteiger partial charge in [0.2, 0.25) is 0 Å². The summed E-state index contributed by atoms with van der Waals surface area (Å²) in [6, 6.07) is 14.7. The van der Waals surface area contributed by atoms with Gasteiger partial charge in [-0.3, -0.25) is 4.79 Å². The summed E-state index contributed by atoms with van der Waals surface area (Å²) in [4.78, 5) is 14.7. The molecule has 1 amide bonds. The van der Waals surface area contributed by atoms with E-state index >= 15 is 0 Å². The molecular formula is C20H17Cl2NO5S. The number of halogens is 2. The highest BCUT2D eigenvalue weighted by Crippen LogP contribution is 2.25. The summed E-state index contributed by atoms with van der Waals surface area (Å²) < 4.78 is 33.0. The first-order chi connectivity index (χ1) is 13.7. The van der Waals surface area contributed by atoms with Crippen molar-refractivity contribution in [2.75, 3.05) is 6.26 Å². The number of amides is 1. The second-order valence-electron chi connectivity index (χ2n) is 6.30. The van der Waals surface area contributed by atoms with Gasteiger partial charge >= 0.3 is 10.1 Å². The third-order valence-electron chi connectivity index (χ3n) is 3.90. The van der Waals surface area contributed by atoms with Crippen LogP contribution in [0.1, 0.15) is 21.7 Å². The highest BCUT2D eigenvalue weighted by Gasteiger charge is 2.19. The Morgan fingerprint density at radius 1 is 1.03 bits per heavy atom. The van der Waals surface area contributed by atoms with Crippen molar-refractivity contribution in [2.45, 2.75) is 13.1 Å². The highest BCUT2D eigenvalue weighted by molar-refractivity contribution is 7.86. The SMILES string of the molecule is CS(=O)(=O)Oc1cccc(CN(Cc2ccco2)C(=O)c2ccc(Cl)c(Cl)c2)c1. The Bertz CT molecular complexity index is 1110. The summed E-state index contributed by atoms with van der Waals surface area (Å²) in [5, 5.41) is 0.630. The van der Waals surface area contributed by atoms with Crippen molar-refractivity contribution < 1.29 is 21.8 Å². The Hall–Kier alpha value is -2.48. The van der Waals surface area contributed by atoms with Crippen LogP contribution >= 0.6 is 23.2 Å². The normalized spacial score (nSPS) is 11.3. The molecule has 29 heavy (non-hydrogen) atoms. The number of hydrogen-bond acceptors (Lipinski definition) is 5. The lowest BCUT2D eigenvalue weighted by atomic mass is 10.1. The molecule has 0 fully saturated rings. The van der Waals surface area contributed by atoms with E-state index in [0.29, 0.717) is 21.9 Å². The van der Waals surface area contributed by atoms with E-state index in [1.807, 2.05) is 0 Å². The third kappa shape index (κ3) is 6.00. The molecule has 3 rings (SSSR count). The Morgan fingerprint density at radius 3 is 2.48 bits per heavy atom. The van der Waals surface area contributed by atoms with Gasteiger partial charge in [0.25, 0.3) is 5.91 Å². The van der Waals surface area contributed by atoms with Crippen LogP contribution < -0.4 is 4.18 Å². The molecular weight excluding hydrogens is 437 g/mol. The molecule has 9 heteroatoms. The molecule has 0 aliphatic rings. The maximum atomic E-state index is 13.1. The molecule has 152 valence electrons. The van der Waals surface area contributed by atoms with E-state index in [1.165, 1.54) is 18.4 Å². The number of benzene rings is 2. The van der Waals surface area contributed by atoms with Crippen LogP contribution in [0.4, 0.5) is 0 Å². The number of hydrogen-bond donors (Lipinski definition) is 0. The number of rotatable bonds is 7. The summed E-state index contributed by atoms with van der Waals surface area (Å²) in [7, 11) is -3.65. The first kappa shape index (κ1) is 21.2. The van der Waals surface area contributed by atoms with Crippen LogP contribution in [0.3, 0.4) is 0 Å². The molecule has 3 aromatic rings. The molecule has 6 nitrogen and oxygen atoms in total. The molecule has 0 spiro atoms. The van der Waals surface area contributed by atoms with Crippen LogP contribution in [0.15, 0.2) is 65.3 Å². The monoisotopic (exact) mass is 453 g/mol. The molecule has 0 N–H and O–H groups in total. The van der Waals surface area contributed by atoms with Crippen molar-refractivity contribution in [3.63, 3.8) is 0 Å². The Morgan fingerprint density at radius 2 is 1.83 bits per heavy atom. The van der Waals surface area contributed by atoms with Crippen LogP contribution in [-0.4, -0.2) is 25.5 Å². The molecule has 0 saturated heterocycles. The second kappa shape index (κ2) is 8.90. The maximum absolute atomic E-state index is 13.1. The summed E-state index contributed by atoms with van der Waals surface area (Å²) in [6.45, 7) is 0.407. The standard InChI is InChI=1S/C20H17Cl2NO5S/c1-29(25,26)28-16-5-2-4-14(10-16)12-23(13-17-6-3-9-27-17)20(24)15-7-8-18(21)19(22)11-15/h2-11H,12-13H2,1H3. The van der Waals surface area contributed by atoms with Crippen molar-refractivity contribution in [1.29, 1.82) is 0 Å². The number of nitrogens with zero attached hydrogens (tertiary/aromatic N) is 1. The van der Waals surface area contributed by atoms with E-state index in [-0.39, 0.29) is 29.8 Å². The minimum absolute atomic E-state index is 0.171. The first-order valence-corrected chi connectivity index (χ1v) is 11.0. The highest BCUT2D eigenvalue weighted by atomic mass is 35.5. The van der Waals surface area contributed by atoms with Gasteiger partial charge in [-0.25, -0.2) is 0 Å². The number of carbonyl (C=O) groups is 1. The number of furan rings is 1. The summed E-state index contributed by atoms with van der Waals surface area (Å²) >= 11 is 12.0. The van der Waals surface area contributed by atoms with Crippen LogP contribution in [0.25, 0.3) is 0 Å². The average Bonchev–Trinajstić information content (AvgIpc) is 3.15. The van der Waals surface area contributed by atoms with Crippen LogP contribution in [-0.2, 0) is 23.2 Å². The van der Waals surface area contributed by atoms with Gasteiger partial charge in [-0.05, 0) is 48.0 Å². The topological polar surface area (TPSA) is 76.8 Å². The number of carbonyl (C=O) groups excluding carboxylic acids is 1. The van der Waals surface area contributed by atoms with Crippen molar-refractivity contribution in [3.8, 4) is 5.75 Å². The van der Waals surface area contributed by atoms with Gasteiger partial charge in [-0.15, -0.1) is 0 Å². The van der Waals surface area contributed by atoms with Gasteiger partial charge in [0.15, 0.2) is 0 Å². The zero-order valence-electron chi connectivity index (χ0n) is 15.3. The summed E-state index contributed by atoms with van der Waals surface area (Å²) in [6.07, 6.45) is 2.49. The molecule has 0 radical (unpaired) electrons. The van der Waals surface area contributed by atoms with Crippen LogP contribution in [0.2, 0.25) is 10.0 Å². The third-order valence-corrected chi connectivity index (χ3v) is 5.13. The van der Waals surface area contributed by atoms with Crippen molar-refractivity contribution in [3.05, 3.63) is 87.8 Å². The van der Waals surface area contributed by atoms with Gasteiger partial charge in [-0.2, -0.15) is 8.42 Å². The molecule has 0 atom stereocenters. The molecule has 0 unspecified atom stereocenters. The van der Waals surface area contributed by atoms with Gasteiger partial charge < -0.3 is 13.5 Å². The quantitative estimate of drug-likeness (QED) is 0.481. The lowest BCUT2D eigenvalue weighted by Gasteiger charge is -2.22. The Balaban J connectivity index is 1.88. The first-order valence-electron chi connectivity index (χ1n) is 8.46. The maximum Gasteiger partial charge on any atom is 0.306 e. The molecule has 1 aromatic heterocycles. The van der Waals surface area contributed by atoms with E-state index < -0.39 is 10.1 Å². The van der Waals surface area contributed by atoms with Gasteiger partial charge in [0, 0.05) is 12.1 Å². The van der Waals surface area contributed by atoms with Gasteiger partial charge in [-0.1, -0.05) is 35.3 Å². The minimum Gasteiger partial charge on any atom is -0.467 e. The second-order valence-corrected chi connectivity index (χ2v) is 8.69. The van der Waals surface area contributed by atoms with E-state index in [0.717, 1.165) is 6.26 Å². The largest absolute Gasteiger partial charge is 0.467 e. The molecule has 2 aromatic carbocycles. The molecule has 0 bridgehead atoms. The van der Waals surface area contributed by atoms with Gasteiger partial charge in [0.05, 0.1) is 29.1 Å². The predicted octanol–water partition coefficient (Wildman–Crippen LogP) is 4.77. The zero-order chi connectivity index (χ0) is 21.0. The summed E-state index contributed by atoms with van der Waals surface area (Å²) in [5.74, 6) is 0.487. The molecule has 0 aliphatic carbocycles. The molecule has 0 aliphatic heterocycles. The Kier molecular flexibility index (Phi) is 6.52. The van der Waals surface area contributed by atoms with E-state index in [2.05, 4.69) is 0 Å². The van der Waals surface area contributed by atoms with Crippen molar-refractivity contribution >= 4 is 39.2 Å². The molecule has 1 heterocycles. The summed E-state index contributed by atoms with van der Waals surface area (Å²) in [5.41, 5.74) is 1.06. The fraction of sp³-hybridized carbons (Fsp3) is 0.150. The fourth-order valence-electron chi connectivity index (χ4n) is 2.69. The van der Waals surface area contributed by atoms with E-state index in [1.54, 1.807) is 47.4 Å². The van der Waals surface area contributed by atoms with Crippen molar-refractivity contribution in [2.24, 2.45) is 0 Å². The lowest BCUT2D eigenvalue weighted by molar-refractivity contribution is 0.0717. The van der Waals surface area contributed by atoms with Crippen LogP contribution in [0.5, 0.6) is 5.75 Å². The smallest absolute Gasteiger partial charge is 0.306 e. The van der Waals surface area contributed by atoms with Crippen LogP contribution in [0, 0.1) is 0 Å². The average molecular weight is 454 g/mol. The fourth-order valence-corrected chi connectivity index (χ4v) is 3.44. The predicted molar refractivity (Wildman–Crippen MR) is 111 cm³/mol. The van der Waals surface area contributed by atoms with E-state index in [4.69, 9.17) is 31.8 Å².